The number of thioether (sulfide) groups is 1. The quantitative estimate of drug-likeness (QED) is 0.902. The second kappa shape index (κ2) is 4.92. The summed E-state index contributed by atoms with van der Waals surface area (Å²) in [6.07, 6.45) is 8.23. The molecule has 0 aromatic carbocycles. The van der Waals surface area contributed by atoms with E-state index in [1.165, 1.54) is 29.7 Å². The Morgan fingerprint density at radius 3 is 2.95 bits per heavy atom. The number of fused-ring (bicyclic) bond motifs is 3. The first-order valence-electron chi connectivity index (χ1n) is 7.49. The minimum Gasteiger partial charge on any atom is -0.349 e. The topological polar surface area (TPSA) is 29.1 Å². The van der Waals surface area contributed by atoms with Crippen LogP contribution in [0, 0.1) is 5.92 Å². The molecule has 106 valence electrons. The predicted molar refractivity (Wildman–Crippen MR) is 85.9 cm³/mol. The van der Waals surface area contributed by atoms with Crippen LogP contribution in [0.3, 0.4) is 0 Å². The van der Waals surface area contributed by atoms with Gasteiger partial charge in [0.15, 0.2) is 0 Å². The summed E-state index contributed by atoms with van der Waals surface area (Å²) in [4.78, 5) is 16.0. The first-order valence-corrected chi connectivity index (χ1v) is 9.29. The van der Waals surface area contributed by atoms with E-state index in [1.54, 1.807) is 22.2 Å². The number of rotatable bonds is 2. The molecule has 1 aliphatic heterocycles. The first kappa shape index (κ1) is 13.0. The molecule has 20 heavy (non-hydrogen) atoms. The molecular formula is C16H19NOS2. The molecule has 1 atom stereocenters. The highest BCUT2D eigenvalue weighted by Crippen LogP contribution is 2.43. The van der Waals surface area contributed by atoms with Crippen LogP contribution in [0.5, 0.6) is 0 Å². The molecule has 2 aliphatic carbocycles. The van der Waals surface area contributed by atoms with Crippen molar-refractivity contribution < 1.29 is 4.79 Å². The van der Waals surface area contributed by atoms with Gasteiger partial charge in [-0.2, -0.15) is 0 Å². The Morgan fingerprint density at radius 2 is 2.15 bits per heavy atom. The molecule has 1 saturated carbocycles. The lowest BCUT2D eigenvalue weighted by molar-refractivity contribution is -0.116. The summed E-state index contributed by atoms with van der Waals surface area (Å²) in [5.74, 6) is 1.94. The normalized spacial score (nSPS) is 24.6. The van der Waals surface area contributed by atoms with Crippen molar-refractivity contribution in [3.05, 3.63) is 25.8 Å². The summed E-state index contributed by atoms with van der Waals surface area (Å²) in [5.41, 5.74) is 3.12. The second-order valence-corrected chi connectivity index (χ2v) is 8.39. The lowest BCUT2D eigenvalue weighted by atomic mass is 9.88. The van der Waals surface area contributed by atoms with E-state index in [2.05, 4.69) is 18.3 Å². The van der Waals surface area contributed by atoms with Crippen molar-refractivity contribution in [1.82, 2.24) is 5.32 Å². The Labute approximate surface area is 128 Å². The average Bonchev–Trinajstić information content (AvgIpc) is 3.17. The standard InChI is InChI=1S/C16H19NOS2/c1-9-2-5-11-12-8-19-15(16(18)17-10-3-4-10)7-14(12)20-13(11)6-9/h7,9-10H,2-6,8H2,1H3,(H,17,18)/t9-/m0/s1. The van der Waals surface area contributed by atoms with E-state index in [1.807, 2.05) is 11.3 Å². The molecule has 1 aromatic rings. The Morgan fingerprint density at radius 1 is 1.30 bits per heavy atom. The summed E-state index contributed by atoms with van der Waals surface area (Å²) < 4.78 is 0. The van der Waals surface area contributed by atoms with E-state index in [0.29, 0.717) is 6.04 Å². The number of hydrogen-bond donors (Lipinski definition) is 1. The van der Waals surface area contributed by atoms with Gasteiger partial charge in [0.25, 0.3) is 5.91 Å². The van der Waals surface area contributed by atoms with Crippen LogP contribution in [0.4, 0.5) is 0 Å². The largest absolute Gasteiger partial charge is 0.349 e. The molecule has 0 unspecified atom stereocenters. The van der Waals surface area contributed by atoms with E-state index >= 15 is 0 Å². The van der Waals surface area contributed by atoms with Crippen LogP contribution in [0.2, 0.25) is 0 Å². The van der Waals surface area contributed by atoms with Crippen LogP contribution in [-0.4, -0.2) is 11.9 Å². The molecule has 3 aliphatic rings. The van der Waals surface area contributed by atoms with E-state index in [0.717, 1.165) is 29.4 Å². The van der Waals surface area contributed by atoms with Crippen LogP contribution < -0.4 is 5.32 Å². The SMILES string of the molecule is C[C@H]1CCc2c(sc3c2CSC(C(=O)NC2CC2)=C3)C1. The number of hydrogen-bond acceptors (Lipinski definition) is 3. The van der Waals surface area contributed by atoms with Crippen molar-refractivity contribution in [3.63, 3.8) is 0 Å². The van der Waals surface area contributed by atoms with Crippen LogP contribution >= 0.6 is 23.1 Å². The molecule has 0 radical (unpaired) electrons. The van der Waals surface area contributed by atoms with Gasteiger partial charge in [0, 0.05) is 21.5 Å². The van der Waals surface area contributed by atoms with Gasteiger partial charge in [0.05, 0.1) is 4.91 Å². The first-order chi connectivity index (χ1) is 9.70. The third kappa shape index (κ3) is 2.33. The number of carbonyl (C=O) groups is 1. The average molecular weight is 305 g/mol. The van der Waals surface area contributed by atoms with Gasteiger partial charge in [-0.1, -0.05) is 6.92 Å². The third-order valence-electron chi connectivity index (χ3n) is 4.42. The summed E-state index contributed by atoms with van der Waals surface area (Å²) in [6.45, 7) is 2.35. The van der Waals surface area contributed by atoms with E-state index in [4.69, 9.17) is 0 Å². The molecule has 2 heterocycles. The van der Waals surface area contributed by atoms with Gasteiger partial charge < -0.3 is 5.32 Å². The lowest BCUT2D eigenvalue weighted by Crippen LogP contribution is -2.26. The molecule has 1 aromatic heterocycles. The highest BCUT2D eigenvalue weighted by atomic mass is 32.2. The predicted octanol–water partition coefficient (Wildman–Crippen LogP) is 3.74. The zero-order valence-electron chi connectivity index (χ0n) is 11.7. The van der Waals surface area contributed by atoms with E-state index in [9.17, 15) is 4.79 Å². The zero-order chi connectivity index (χ0) is 13.7. The van der Waals surface area contributed by atoms with Gasteiger partial charge >= 0.3 is 0 Å². The fourth-order valence-electron chi connectivity index (χ4n) is 3.04. The van der Waals surface area contributed by atoms with Gasteiger partial charge in [0.2, 0.25) is 0 Å². The molecule has 0 spiro atoms. The van der Waals surface area contributed by atoms with Crippen LogP contribution in [0.25, 0.3) is 6.08 Å². The van der Waals surface area contributed by atoms with E-state index in [-0.39, 0.29) is 5.91 Å². The minimum absolute atomic E-state index is 0.142. The van der Waals surface area contributed by atoms with Crippen molar-refractivity contribution in [3.8, 4) is 0 Å². The number of nitrogens with one attached hydrogen (secondary N) is 1. The van der Waals surface area contributed by atoms with Gasteiger partial charge in [-0.3, -0.25) is 4.79 Å². The summed E-state index contributed by atoms with van der Waals surface area (Å²) in [7, 11) is 0. The monoisotopic (exact) mass is 305 g/mol. The highest BCUT2D eigenvalue weighted by Gasteiger charge is 2.29. The molecule has 2 nitrogen and oxygen atoms in total. The smallest absolute Gasteiger partial charge is 0.257 e. The molecule has 1 N–H and O–H groups in total. The lowest BCUT2D eigenvalue weighted by Gasteiger charge is -2.19. The highest BCUT2D eigenvalue weighted by molar-refractivity contribution is 8.03. The fraction of sp³-hybridized carbons (Fsp3) is 0.562. The minimum atomic E-state index is 0.142. The van der Waals surface area contributed by atoms with Crippen molar-refractivity contribution in [1.29, 1.82) is 0 Å². The summed E-state index contributed by atoms with van der Waals surface area (Å²) in [5, 5.41) is 3.10. The fourth-order valence-corrected chi connectivity index (χ4v) is 5.70. The number of amides is 1. The maximum Gasteiger partial charge on any atom is 0.257 e. The molecule has 4 heteroatoms. The van der Waals surface area contributed by atoms with Gasteiger partial charge in [-0.25, -0.2) is 0 Å². The molecule has 1 amide bonds. The molecule has 1 fully saturated rings. The van der Waals surface area contributed by atoms with Gasteiger partial charge in [0.1, 0.15) is 0 Å². The number of thiophene rings is 1. The molecular weight excluding hydrogens is 286 g/mol. The maximum absolute atomic E-state index is 12.2. The van der Waals surface area contributed by atoms with Crippen LogP contribution in [-0.2, 0) is 23.4 Å². The Balaban J connectivity index is 1.62. The van der Waals surface area contributed by atoms with Crippen LogP contribution in [0.15, 0.2) is 4.91 Å². The third-order valence-corrected chi connectivity index (χ3v) is 6.71. The summed E-state index contributed by atoms with van der Waals surface area (Å²) >= 11 is 3.65. The summed E-state index contributed by atoms with van der Waals surface area (Å²) in [6, 6.07) is 0.447. The Kier molecular flexibility index (Phi) is 3.19. The molecule has 4 rings (SSSR count). The molecule has 0 saturated heterocycles. The van der Waals surface area contributed by atoms with Crippen molar-refractivity contribution in [2.45, 2.75) is 50.8 Å². The van der Waals surface area contributed by atoms with Gasteiger partial charge in [-0.15, -0.1) is 23.1 Å². The van der Waals surface area contributed by atoms with Crippen molar-refractivity contribution in [2.75, 3.05) is 0 Å². The van der Waals surface area contributed by atoms with E-state index < -0.39 is 0 Å². The molecule has 0 bridgehead atoms. The maximum atomic E-state index is 12.2. The van der Waals surface area contributed by atoms with Crippen molar-refractivity contribution >= 4 is 35.1 Å². The second-order valence-electron chi connectivity index (χ2n) is 6.24. The van der Waals surface area contributed by atoms with Crippen molar-refractivity contribution in [2.24, 2.45) is 5.92 Å². The van der Waals surface area contributed by atoms with Crippen LogP contribution in [0.1, 0.15) is 47.1 Å². The Bertz CT molecular complexity index is 598. The Hall–Kier alpha value is -0.740. The number of carbonyl (C=O) groups excluding carboxylic acids is 1. The zero-order valence-corrected chi connectivity index (χ0v) is 13.3. The van der Waals surface area contributed by atoms with Gasteiger partial charge in [-0.05, 0) is 55.2 Å².